The summed E-state index contributed by atoms with van der Waals surface area (Å²) in [7, 11) is 0. The average molecular weight is 336 g/mol. The lowest BCUT2D eigenvalue weighted by Crippen LogP contribution is -2.53. The Labute approximate surface area is 142 Å². The summed E-state index contributed by atoms with van der Waals surface area (Å²) in [5.74, 6) is -0.410. The molecular weight excluding hydrogens is 311 g/mol. The highest BCUT2D eigenvalue weighted by Crippen LogP contribution is 2.29. The number of hydrogen-bond donors (Lipinski definition) is 1. The first kappa shape index (κ1) is 18.2. The fourth-order valence-corrected chi connectivity index (χ4v) is 2.96. The van der Waals surface area contributed by atoms with Crippen LogP contribution in [0.4, 0.5) is 9.18 Å². The van der Waals surface area contributed by atoms with Gasteiger partial charge < -0.3 is 15.0 Å². The van der Waals surface area contributed by atoms with Crippen molar-refractivity contribution in [3.8, 4) is 0 Å². The quantitative estimate of drug-likeness (QED) is 0.903. The van der Waals surface area contributed by atoms with E-state index in [0.29, 0.717) is 19.5 Å². The lowest BCUT2D eigenvalue weighted by Gasteiger charge is -2.39. The van der Waals surface area contributed by atoms with Crippen LogP contribution in [-0.2, 0) is 9.53 Å². The van der Waals surface area contributed by atoms with Gasteiger partial charge in [-0.25, -0.2) is 9.18 Å². The number of benzene rings is 1. The highest BCUT2D eigenvalue weighted by Gasteiger charge is 2.34. The fraction of sp³-hybridized carbons (Fsp3) is 0.556. The number of amides is 2. The van der Waals surface area contributed by atoms with Gasteiger partial charge in [0.25, 0.3) is 0 Å². The molecule has 1 aromatic carbocycles. The Bertz CT molecular complexity index is 595. The molecule has 2 amide bonds. The van der Waals surface area contributed by atoms with Crippen molar-refractivity contribution in [3.63, 3.8) is 0 Å². The molecule has 1 aliphatic heterocycles. The molecule has 1 aromatic rings. The van der Waals surface area contributed by atoms with Crippen molar-refractivity contribution >= 4 is 12.0 Å². The van der Waals surface area contributed by atoms with Crippen LogP contribution in [0.5, 0.6) is 0 Å². The summed E-state index contributed by atoms with van der Waals surface area (Å²) in [5.41, 5.74) is 0.396. The zero-order valence-corrected chi connectivity index (χ0v) is 14.6. The van der Waals surface area contributed by atoms with E-state index in [9.17, 15) is 14.0 Å². The van der Waals surface area contributed by atoms with Crippen molar-refractivity contribution in [2.45, 2.75) is 51.7 Å². The molecule has 0 radical (unpaired) electrons. The first-order chi connectivity index (χ1) is 11.2. The van der Waals surface area contributed by atoms with Crippen LogP contribution in [0.2, 0.25) is 0 Å². The van der Waals surface area contributed by atoms with E-state index in [1.165, 1.54) is 19.1 Å². The van der Waals surface area contributed by atoms with Gasteiger partial charge in [-0.2, -0.15) is 0 Å². The molecular formula is C18H25FN2O3. The van der Waals surface area contributed by atoms with E-state index >= 15 is 0 Å². The molecule has 2 atom stereocenters. The second-order valence-electron chi connectivity index (χ2n) is 7.18. The molecule has 1 aliphatic rings. The molecule has 132 valence electrons. The number of halogens is 1. The molecule has 24 heavy (non-hydrogen) atoms. The Hall–Kier alpha value is -2.11. The molecule has 2 rings (SSSR count). The number of carbonyl (C=O) groups is 2. The summed E-state index contributed by atoms with van der Waals surface area (Å²) in [4.78, 5) is 25.4. The molecule has 1 fully saturated rings. The summed E-state index contributed by atoms with van der Waals surface area (Å²) >= 11 is 0. The van der Waals surface area contributed by atoms with E-state index in [4.69, 9.17) is 4.74 Å². The van der Waals surface area contributed by atoms with Crippen LogP contribution in [0, 0.1) is 5.82 Å². The van der Waals surface area contributed by atoms with Crippen LogP contribution >= 0.6 is 0 Å². The minimum atomic E-state index is -0.561. The van der Waals surface area contributed by atoms with E-state index in [0.717, 1.165) is 5.56 Å². The molecule has 6 heteroatoms. The van der Waals surface area contributed by atoms with Crippen molar-refractivity contribution < 1.29 is 18.7 Å². The van der Waals surface area contributed by atoms with E-state index < -0.39 is 5.60 Å². The number of hydrogen-bond acceptors (Lipinski definition) is 3. The van der Waals surface area contributed by atoms with E-state index in [1.54, 1.807) is 17.0 Å². The van der Waals surface area contributed by atoms with Gasteiger partial charge in [0, 0.05) is 25.9 Å². The Morgan fingerprint density at radius 2 is 1.88 bits per heavy atom. The Morgan fingerprint density at radius 3 is 2.42 bits per heavy atom. The molecule has 0 aromatic heterocycles. The summed E-state index contributed by atoms with van der Waals surface area (Å²) < 4.78 is 18.6. The predicted molar refractivity (Wildman–Crippen MR) is 89.2 cm³/mol. The molecule has 5 nitrogen and oxygen atoms in total. The molecule has 0 bridgehead atoms. The van der Waals surface area contributed by atoms with Crippen LogP contribution < -0.4 is 5.32 Å². The van der Waals surface area contributed by atoms with Crippen LogP contribution in [0.15, 0.2) is 24.3 Å². The average Bonchev–Trinajstić information content (AvgIpc) is 2.46. The van der Waals surface area contributed by atoms with Crippen LogP contribution in [0.25, 0.3) is 0 Å². The van der Waals surface area contributed by atoms with Crippen molar-refractivity contribution in [1.82, 2.24) is 10.2 Å². The van der Waals surface area contributed by atoms with Crippen molar-refractivity contribution in [1.29, 1.82) is 0 Å². The van der Waals surface area contributed by atoms with Crippen molar-refractivity contribution in [2.75, 3.05) is 13.1 Å². The second kappa shape index (κ2) is 7.20. The summed E-state index contributed by atoms with van der Waals surface area (Å²) in [5, 5.41) is 2.91. The topological polar surface area (TPSA) is 58.6 Å². The Balaban J connectivity index is 2.13. The largest absolute Gasteiger partial charge is 0.444 e. The molecule has 2 unspecified atom stereocenters. The van der Waals surface area contributed by atoms with Crippen molar-refractivity contribution in [3.05, 3.63) is 35.6 Å². The number of nitrogens with zero attached hydrogens (tertiary/aromatic N) is 1. The first-order valence-electron chi connectivity index (χ1n) is 8.16. The van der Waals surface area contributed by atoms with Gasteiger partial charge in [-0.05, 0) is 44.9 Å². The number of likely N-dealkylation sites (tertiary alicyclic amines) is 1. The molecule has 0 spiro atoms. The first-order valence-corrected chi connectivity index (χ1v) is 8.16. The van der Waals surface area contributed by atoms with E-state index in [2.05, 4.69) is 5.32 Å². The maximum atomic E-state index is 13.1. The predicted octanol–water partition coefficient (Wildman–Crippen LogP) is 3.05. The lowest BCUT2D eigenvalue weighted by molar-refractivity contribution is -0.120. The van der Waals surface area contributed by atoms with Gasteiger partial charge in [0.15, 0.2) is 0 Å². The molecule has 1 heterocycles. The monoisotopic (exact) mass is 336 g/mol. The van der Waals surface area contributed by atoms with Gasteiger partial charge in [-0.15, -0.1) is 0 Å². The van der Waals surface area contributed by atoms with Gasteiger partial charge in [-0.3, -0.25) is 4.79 Å². The van der Waals surface area contributed by atoms with Crippen LogP contribution in [0.3, 0.4) is 0 Å². The SMILES string of the molecule is CC(=O)NC1CN(C(=O)OC(C)(C)C)CCC1c1ccc(F)cc1. The standard InChI is InChI=1S/C18H25FN2O3/c1-12(22)20-16-11-21(17(23)24-18(2,3)4)10-9-15(16)13-5-7-14(19)8-6-13/h5-8,15-16H,9-11H2,1-4H3,(H,20,22). The second-order valence-corrected chi connectivity index (χ2v) is 7.18. The fourth-order valence-electron chi connectivity index (χ4n) is 2.96. The minimum Gasteiger partial charge on any atom is -0.444 e. The highest BCUT2D eigenvalue weighted by molar-refractivity contribution is 5.74. The lowest BCUT2D eigenvalue weighted by atomic mass is 9.85. The molecule has 1 N–H and O–H groups in total. The zero-order valence-electron chi connectivity index (χ0n) is 14.6. The number of nitrogens with one attached hydrogen (secondary N) is 1. The number of ether oxygens (including phenoxy) is 1. The minimum absolute atomic E-state index is 0.0354. The van der Waals surface area contributed by atoms with Gasteiger partial charge in [-0.1, -0.05) is 12.1 Å². The number of carbonyl (C=O) groups excluding carboxylic acids is 2. The zero-order chi connectivity index (χ0) is 17.9. The summed E-state index contributed by atoms with van der Waals surface area (Å²) in [6, 6.07) is 6.07. The van der Waals surface area contributed by atoms with Crippen molar-refractivity contribution in [2.24, 2.45) is 0 Å². The van der Waals surface area contributed by atoms with E-state index in [1.807, 2.05) is 20.8 Å². The van der Waals surface area contributed by atoms with Crippen LogP contribution in [-0.4, -0.2) is 41.6 Å². The van der Waals surface area contributed by atoms with Gasteiger partial charge in [0.05, 0.1) is 6.04 Å². The molecule has 1 saturated heterocycles. The Kier molecular flexibility index (Phi) is 5.47. The Morgan fingerprint density at radius 1 is 1.25 bits per heavy atom. The van der Waals surface area contributed by atoms with Crippen LogP contribution in [0.1, 0.15) is 45.6 Å². The third kappa shape index (κ3) is 4.94. The third-order valence-corrected chi connectivity index (χ3v) is 3.95. The van der Waals surface area contributed by atoms with Gasteiger partial charge in [0.1, 0.15) is 11.4 Å². The highest BCUT2D eigenvalue weighted by atomic mass is 19.1. The summed E-state index contributed by atoms with van der Waals surface area (Å²) in [6.45, 7) is 7.82. The molecule has 0 saturated carbocycles. The summed E-state index contributed by atoms with van der Waals surface area (Å²) in [6.07, 6.45) is 0.297. The maximum absolute atomic E-state index is 13.1. The number of piperidine rings is 1. The van der Waals surface area contributed by atoms with Gasteiger partial charge in [0.2, 0.25) is 5.91 Å². The normalized spacial score (nSPS) is 21.3. The number of rotatable bonds is 2. The smallest absolute Gasteiger partial charge is 0.410 e. The van der Waals surface area contributed by atoms with E-state index in [-0.39, 0.29) is 29.8 Å². The molecule has 0 aliphatic carbocycles. The third-order valence-electron chi connectivity index (χ3n) is 3.95. The maximum Gasteiger partial charge on any atom is 0.410 e. The van der Waals surface area contributed by atoms with Gasteiger partial charge >= 0.3 is 6.09 Å².